The van der Waals surface area contributed by atoms with Crippen molar-refractivity contribution in [2.24, 2.45) is 5.92 Å². The highest BCUT2D eigenvalue weighted by Gasteiger charge is 2.20. The zero-order valence-electron chi connectivity index (χ0n) is 11.0. The van der Waals surface area contributed by atoms with Gasteiger partial charge in [-0.3, -0.25) is 4.79 Å². The molecule has 1 aliphatic rings. The van der Waals surface area contributed by atoms with Crippen molar-refractivity contribution in [1.82, 2.24) is 5.32 Å². The predicted molar refractivity (Wildman–Crippen MR) is 77.8 cm³/mol. The van der Waals surface area contributed by atoms with Crippen molar-refractivity contribution in [1.29, 1.82) is 0 Å². The fourth-order valence-electron chi connectivity index (χ4n) is 2.47. The first-order chi connectivity index (χ1) is 8.56. The molecule has 18 heavy (non-hydrogen) atoms. The number of carbonyl (C=O) groups excluding carboxylic acids is 1. The van der Waals surface area contributed by atoms with Crippen molar-refractivity contribution >= 4 is 21.8 Å². The van der Waals surface area contributed by atoms with E-state index in [1.165, 1.54) is 12.8 Å². The Hall–Kier alpha value is -0.830. The quantitative estimate of drug-likeness (QED) is 0.876. The maximum atomic E-state index is 12.2. The first-order valence-electron chi connectivity index (χ1n) is 6.63. The summed E-state index contributed by atoms with van der Waals surface area (Å²) in [5, 5.41) is 3.15. The Kier molecular flexibility index (Phi) is 4.44. The van der Waals surface area contributed by atoms with Crippen molar-refractivity contribution in [3.8, 4) is 0 Å². The average molecular weight is 310 g/mol. The third kappa shape index (κ3) is 3.35. The fourth-order valence-corrected chi connectivity index (χ4v) is 3.15. The summed E-state index contributed by atoms with van der Waals surface area (Å²) < 4.78 is 0.879. The van der Waals surface area contributed by atoms with Crippen LogP contribution < -0.4 is 5.32 Å². The fraction of sp³-hybridized carbons (Fsp3) is 0.533. The molecule has 1 saturated carbocycles. The molecule has 0 saturated heterocycles. The lowest BCUT2D eigenvalue weighted by Gasteiger charge is -2.27. The standard InChI is InChI=1S/C15H20BrNO/c1-10-3-6-12(7-4-10)17-15(18)13-8-5-11(2)9-14(13)16/h5,8-10,12H,3-4,6-7H2,1-2H3,(H,17,18). The van der Waals surface area contributed by atoms with Gasteiger partial charge in [0.15, 0.2) is 0 Å². The number of nitrogens with one attached hydrogen (secondary N) is 1. The highest BCUT2D eigenvalue weighted by molar-refractivity contribution is 9.10. The van der Waals surface area contributed by atoms with Crippen LogP contribution in [-0.4, -0.2) is 11.9 Å². The minimum absolute atomic E-state index is 0.0430. The number of aryl methyl sites for hydroxylation is 1. The number of carbonyl (C=O) groups is 1. The summed E-state index contributed by atoms with van der Waals surface area (Å²) in [6, 6.07) is 6.20. The minimum atomic E-state index is 0.0430. The number of hydrogen-bond donors (Lipinski definition) is 1. The number of hydrogen-bond acceptors (Lipinski definition) is 1. The van der Waals surface area contributed by atoms with Crippen LogP contribution >= 0.6 is 15.9 Å². The Bertz CT molecular complexity index is 436. The van der Waals surface area contributed by atoms with E-state index in [9.17, 15) is 4.79 Å². The Balaban J connectivity index is 1.99. The number of benzene rings is 1. The molecule has 0 unspecified atom stereocenters. The van der Waals surface area contributed by atoms with Crippen molar-refractivity contribution in [3.05, 3.63) is 33.8 Å². The molecular formula is C15H20BrNO. The first kappa shape index (κ1) is 13.6. The second-order valence-electron chi connectivity index (χ2n) is 5.41. The van der Waals surface area contributed by atoms with Crippen LogP contribution in [0.3, 0.4) is 0 Å². The van der Waals surface area contributed by atoms with E-state index < -0.39 is 0 Å². The van der Waals surface area contributed by atoms with E-state index in [0.717, 1.165) is 34.4 Å². The minimum Gasteiger partial charge on any atom is -0.349 e. The molecule has 0 aromatic heterocycles. The lowest BCUT2D eigenvalue weighted by molar-refractivity contribution is 0.0922. The van der Waals surface area contributed by atoms with Gasteiger partial charge in [-0.05, 0) is 72.2 Å². The van der Waals surface area contributed by atoms with Gasteiger partial charge in [0.05, 0.1) is 5.56 Å². The second-order valence-corrected chi connectivity index (χ2v) is 6.27. The second kappa shape index (κ2) is 5.87. The van der Waals surface area contributed by atoms with Gasteiger partial charge < -0.3 is 5.32 Å². The van der Waals surface area contributed by atoms with Crippen LogP contribution in [0.1, 0.15) is 48.5 Å². The SMILES string of the molecule is Cc1ccc(C(=O)NC2CCC(C)CC2)c(Br)c1. The van der Waals surface area contributed by atoms with Gasteiger partial charge in [-0.15, -0.1) is 0 Å². The highest BCUT2D eigenvalue weighted by Crippen LogP contribution is 2.24. The zero-order chi connectivity index (χ0) is 13.1. The topological polar surface area (TPSA) is 29.1 Å². The molecule has 1 N–H and O–H groups in total. The van der Waals surface area contributed by atoms with E-state index >= 15 is 0 Å². The van der Waals surface area contributed by atoms with Gasteiger partial charge in [0.25, 0.3) is 5.91 Å². The summed E-state index contributed by atoms with van der Waals surface area (Å²) in [7, 11) is 0. The summed E-state index contributed by atoms with van der Waals surface area (Å²) in [5.74, 6) is 0.852. The molecule has 1 aromatic rings. The summed E-state index contributed by atoms with van der Waals surface area (Å²) in [6.45, 7) is 4.31. The van der Waals surface area contributed by atoms with Crippen LogP contribution in [0.5, 0.6) is 0 Å². The molecule has 98 valence electrons. The van der Waals surface area contributed by atoms with Gasteiger partial charge >= 0.3 is 0 Å². The lowest BCUT2D eigenvalue weighted by atomic mass is 9.87. The van der Waals surface area contributed by atoms with E-state index in [4.69, 9.17) is 0 Å². The van der Waals surface area contributed by atoms with Crippen molar-refractivity contribution in [3.63, 3.8) is 0 Å². The normalized spacial score (nSPS) is 23.7. The van der Waals surface area contributed by atoms with Gasteiger partial charge in [0.2, 0.25) is 0 Å². The highest BCUT2D eigenvalue weighted by atomic mass is 79.9. The molecule has 0 radical (unpaired) electrons. The maximum Gasteiger partial charge on any atom is 0.252 e. The summed E-state index contributed by atoms with van der Waals surface area (Å²) >= 11 is 3.46. The van der Waals surface area contributed by atoms with Crippen LogP contribution in [0.2, 0.25) is 0 Å². The molecule has 0 aliphatic heterocycles. The van der Waals surface area contributed by atoms with Crippen molar-refractivity contribution in [2.75, 3.05) is 0 Å². The van der Waals surface area contributed by atoms with Crippen LogP contribution in [-0.2, 0) is 0 Å². The predicted octanol–water partition coefficient (Wildman–Crippen LogP) is 4.07. The molecule has 1 aliphatic carbocycles. The molecular weight excluding hydrogens is 290 g/mol. The van der Waals surface area contributed by atoms with Crippen LogP contribution in [0.4, 0.5) is 0 Å². The van der Waals surface area contributed by atoms with E-state index in [2.05, 4.69) is 28.2 Å². The van der Waals surface area contributed by atoms with E-state index in [-0.39, 0.29) is 5.91 Å². The lowest BCUT2D eigenvalue weighted by Crippen LogP contribution is -2.37. The Labute approximate surface area is 117 Å². The van der Waals surface area contributed by atoms with Crippen molar-refractivity contribution < 1.29 is 4.79 Å². The van der Waals surface area contributed by atoms with Gasteiger partial charge in [0, 0.05) is 10.5 Å². The molecule has 1 amide bonds. The zero-order valence-corrected chi connectivity index (χ0v) is 12.6. The molecule has 1 fully saturated rings. The van der Waals surface area contributed by atoms with Crippen LogP contribution in [0.15, 0.2) is 22.7 Å². The summed E-state index contributed by atoms with van der Waals surface area (Å²) in [4.78, 5) is 12.2. The first-order valence-corrected chi connectivity index (χ1v) is 7.42. The number of rotatable bonds is 2. The molecule has 0 spiro atoms. The van der Waals surface area contributed by atoms with Gasteiger partial charge in [0.1, 0.15) is 0 Å². The van der Waals surface area contributed by atoms with Crippen LogP contribution in [0.25, 0.3) is 0 Å². The molecule has 0 heterocycles. The van der Waals surface area contributed by atoms with E-state index in [1.807, 2.05) is 25.1 Å². The molecule has 2 nitrogen and oxygen atoms in total. The molecule has 2 rings (SSSR count). The van der Waals surface area contributed by atoms with Gasteiger partial charge in [-0.2, -0.15) is 0 Å². The third-order valence-corrected chi connectivity index (χ3v) is 4.38. The summed E-state index contributed by atoms with van der Waals surface area (Å²) in [6.07, 6.45) is 4.66. The van der Waals surface area contributed by atoms with E-state index in [0.29, 0.717) is 6.04 Å². The van der Waals surface area contributed by atoms with Gasteiger partial charge in [-0.1, -0.05) is 13.0 Å². The molecule has 1 aromatic carbocycles. The Morgan fingerprint density at radius 1 is 1.28 bits per heavy atom. The van der Waals surface area contributed by atoms with Crippen molar-refractivity contribution in [2.45, 2.75) is 45.6 Å². The third-order valence-electron chi connectivity index (χ3n) is 3.72. The monoisotopic (exact) mass is 309 g/mol. The van der Waals surface area contributed by atoms with E-state index in [1.54, 1.807) is 0 Å². The smallest absolute Gasteiger partial charge is 0.252 e. The average Bonchev–Trinajstić information content (AvgIpc) is 2.32. The number of halogens is 1. The molecule has 3 heteroatoms. The summed E-state index contributed by atoms with van der Waals surface area (Å²) in [5.41, 5.74) is 1.89. The molecule has 0 bridgehead atoms. The Morgan fingerprint density at radius 2 is 1.94 bits per heavy atom. The largest absolute Gasteiger partial charge is 0.349 e. The maximum absolute atomic E-state index is 12.2. The number of amides is 1. The molecule has 0 atom stereocenters. The van der Waals surface area contributed by atoms with Gasteiger partial charge in [-0.25, -0.2) is 0 Å². The Morgan fingerprint density at radius 3 is 2.56 bits per heavy atom. The van der Waals surface area contributed by atoms with Crippen LogP contribution in [0, 0.1) is 12.8 Å².